The fourth-order valence-corrected chi connectivity index (χ4v) is 5.63. The standard InChI is InChI=1S/C27H36N6O2/c1-17(2)33-18(3)27(35)31(5)23-8-9-24(29-25(23)33)32-15-10-19-16-20(6-7-22(19)32)26(34)28-21-11-13-30(4)14-12-21/h6-9,16-18,21H,10-15H2,1-5H3,(H,28,34). The zero-order chi connectivity index (χ0) is 24.9. The molecule has 8 nitrogen and oxygen atoms in total. The van der Waals surface area contributed by atoms with E-state index in [4.69, 9.17) is 4.98 Å². The smallest absolute Gasteiger partial charge is 0.251 e. The van der Waals surface area contributed by atoms with E-state index in [1.54, 1.807) is 4.90 Å². The van der Waals surface area contributed by atoms with E-state index in [0.717, 1.165) is 67.5 Å². The Labute approximate surface area is 207 Å². The van der Waals surface area contributed by atoms with Gasteiger partial charge in [0.05, 0.1) is 5.69 Å². The van der Waals surface area contributed by atoms with Gasteiger partial charge in [0.1, 0.15) is 11.9 Å². The zero-order valence-corrected chi connectivity index (χ0v) is 21.4. The number of rotatable bonds is 4. The molecule has 1 N–H and O–H groups in total. The molecule has 3 aliphatic rings. The van der Waals surface area contributed by atoms with Crippen molar-refractivity contribution in [1.82, 2.24) is 15.2 Å². The van der Waals surface area contributed by atoms with Gasteiger partial charge in [-0.3, -0.25) is 9.59 Å². The van der Waals surface area contributed by atoms with E-state index in [-0.39, 0.29) is 29.9 Å². The van der Waals surface area contributed by atoms with Gasteiger partial charge in [-0.25, -0.2) is 4.98 Å². The summed E-state index contributed by atoms with van der Waals surface area (Å²) < 4.78 is 0. The fraction of sp³-hybridized carbons (Fsp3) is 0.519. The summed E-state index contributed by atoms with van der Waals surface area (Å²) in [5.74, 6) is 1.81. The normalized spacial score (nSPS) is 20.9. The predicted molar refractivity (Wildman–Crippen MR) is 140 cm³/mol. The zero-order valence-electron chi connectivity index (χ0n) is 21.4. The number of carbonyl (C=O) groups excluding carboxylic acids is 2. The van der Waals surface area contributed by atoms with Gasteiger partial charge in [-0.2, -0.15) is 0 Å². The first-order chi connectivity index (χ1) is 16.7. The molecule has 1 saturated heterocycles. The number of amides is 2. The highest BCUT2D eigenvalue weighted by molar-refractivity contribution is 6.04. The van der Waals surface area contributed by atoms with Gasteiger partial charge in [0, 0.05) is 36.9 Å². The van der Waals surface area contributed by atoms with Crippen LogP contribution in [-0.2, 0) is 11.2 Å². The Morgan fingerprint density at radius 2 is 1.77 bits per heavy atom. The van der Waals surface area contributed by atoms with E-state index in [0.29, 0.717) is 0 Å². The Morgan fingerprint density at radius 1 is 1.06 bits per heavy atom. The molecule has 0 aliphatic carbocycles. The predicted octanol–water partition coefficient (Wildman–Crippen LogP) is 3.18. The number of hydrogen-bond acceptors (Lipinski definition) is 6. The number of aromatic nitrogens is 1. The van der Waals surface area contributed by atoms with Crippen molar-refractivity contribution in [2.45, 2.75) is 58.2 Å². The molecule has 186 valence electrons. The van der Waals surface area contributed by atoms with Crippen LogP contribution in [0.5, 0.6) is 0 Å². The number of benzene rings is 1. The Balaban J connectivity index is 1.38. The van der Waals surface area contributed by atoms with Gasteiger partial charge in [0.15, 0.2) is 5.82 Å². The summed E-state index contributed by atoms with van der Waals surface area (Å²) in [6, 6.07) is 10.1. The highest BCUT2D eigenvalue weighted by Gasteiger charge is 2.37. The minimum Gasteiger partial charge on any atom is -0.349 e. The molecule has 2 aromatic rings. The van der Waals surface area contributed by atoms with Gasteiger partial charge in [0.25, 0.3) is 5.91 Å². The van der Waals surface area contributed by atoms with Crippen molar-refractivity contribution < 1.29 is 9.59 Å². The number of piperidine rings is 1. The summed E-state index contributed by atoms with van der Waals surface area (Å²) in [6.07, 6.45) is 2.86. The van der Waals surface area contributed by atoms with Crippen molar-refractivity contribution in [1.29, 1.82) is 0 Å². The van der Waals surface area contributed by atoms with Crippen LogP contribution in [0, 0.1) is 0 Å². The van der Waals surface area contributed by atoms with Crippen LogP contribution in [0.3, 0.4) is 0 Å². The van der Waals surface area contributed by atoms with Crippen LogP contribution >= 0.6 is 0 Å². The summed E-state index contributed by atoms with van der Waals surface area (Å²) in [4.78, 5) is 39.0. The Hall–Kier alpha value is -3.13. The lowest BCUT2D eigenvalue weighted by Gasteiger charge is -2.42. The van der Waals surface area contributed by atoms with Gasteiger partial charge in [-0.15, -0.1) is 0 Å². The number of pyridine rings is 1. The second kappa shape index (κ2) is 9.15. The van der Waals surface area contributed by atoms with Crippen LogP contribution in [0.25, 0.3) is 0 Å². The lowest BCUT2D eigenvalue weighted by atomic mass is 10.0. The minimum absolute atomic E-state index is 0.0157. The summed E-state index contributed by atoms with van der Waals surface area (Å²) in [7, 11) is 3.94. The molecule has 1 unspecified atom stereocenters. The Morgan fingerprint density at radius 3 is 2.49 bits per heavy atom. The Kier molecular flexibility index (Phi) is 6.17. The summed E-state index contributed by atoms with van der Waals surface area (Å²) in [5, 5.41) is 3.22. The van der Waals surface area contributed by atoms with Crippen molar-refractivity contribution in [3.63, 3.8) is 0 Å². The summed E-state index contributed by atoms with van der Waals surface area (Å²) in [5.41, 5.74) is 3.83. The van der Waals surface area contributed by atoms with Crippen LogP contribution < -0.4 is 20.0 Å². The fourth-order valence-electron chi connectivity index (χ4n) is 5.63. The first kappa shape index (κ1) is 23.6. The molecule has 35 heavy (non-hydrogen) atoms. The topological polar surface area (TPSA) is 72.0 Å². The average Bonchev–Trinajstić information content (AvgIpc) is 3.27. The van der Waals surface area contributed by atoms with Crippen LogP contribution in [-0.4, -0.2) is 73.6 Å². The van der Waals surface area contributed by atoms with Crippen LogP contribution in [0.15, 0.2) is 30.3 Å². The average molecular weight is 477 g/mol. The maximum Gasteiger partial charge on any atom is 0.251 e. The quantitative estimate of drug-likeness (QED) is 0.731. The number of nitrogens with one attached hydrogen (secondary N) is 1. The molecule has 1 aromatic heterocycles. The molecule has 8 heteroatoms. The maximum absolute atomic E-state index is 12.9. The van der Waals surface area contributed by atoms with E-state index < -0.39 is 0 Å². The summed E-state index contributed by atoms with van der Waals surface area (Å²) >= 11 is 0. The monoisotopic (exact) mass is 476 g/mol. The van der Waals surface area contributed by atoms with E-state index in [1.165, 1.54) is 5.56 Å². The summed E-state index contributed by atoms with van der Waals surface area (Å²) in [6.45, 7) is 8.99. The third kappa shape index (κ3) is 4.24. The lowest BCUT2D eigenvalue weighted by molar-refractivity contribution is -0.119. The number of likely N-dealkylation sites (N-methyl/N-ethyl adjacent to an activating group) is 1. The molecule has 2 amide bonds. The van der Waals surface area contributed by atoms with Crippen molar-refractivity contribution in [3.8, 4) is 0 Å². The Bertz CT molecular complexity index is 1140. The third-order valence-electron chi connectivity index (χ3n) is 7.67. The maximum atomic E-state index is 12.9. The molecular formula is C27H36N6O2. The van der Waals surface area contributed by atoms with Crippen LogP contribution in [0.1, 0.15) is 49.5 Å². The number of nitrogens with zero attached hydrogens (tertiary/aromatic N) is 5. The second-order valence-electron chi connectivity index (χ2n) is 10.4. The van der Waals surface area contributed by atoms with E-state index in [9.17, 15) is 9.59 Å². The van der Waals surface area contributed by atoms with Gasteiger partial charge < -0.3 is 24.9 Å². The molecule has 1 atom stereocenters. The first-order valence-electron chi connectivity index (χ1n) is 12.7. The van der Waals surface area contributed by atoms with Crippen LogP contribution in [0.4, 0.5) is 23.0 Å². The molecule has 4 heterocycles. The lowest BCUT2D eigenvalue weighted by Crippen LogP contribution is -2.53. The SMILES string of the molecule is CC(C)N1c2nc(N3CCc4cc(C(=O)NC5CCN(C)CC5)ccc43)ccc2N(C)C(=O)C1C. The van der Waals surface area contributed by atoms with Crippen molar-refractivity contribution >= 4 is 34.8 Å². The molecular weight excluding hydrogens is 440 g/mol. The number of carbonyl (C=O) groups is 2. The van der Waals surface area contributed by atoms with Gasteiger partial charge >= 0.3 is 0 Å². The largest absolute Gasteiger partial charge is 0.349 e. The molecule has 0 saturated carbocycles. The molecule has 0 spiro atoms. The highest BCUT2D eigenvalue weighted by atomic mass is 16.2. The van der Waals surface area contributed by atoms with Crippen LogP contribution in [0.2, 0.25) is 0 Å². The molecule has 5 rings (SSSR count). The number of fused-ring (bicyclic) bond motifs is 2. The number of likely N-dealkylation sites (tertiary alicyclic amines) is 1. The molecule has 3 aliphatic heterocycles. The number of anilines is 4. The minimum atomic E-state index is -0.258. The molecule has 0 radical (unpaired) electrons. The van der Waals surface area contributed by atoms with E-state index in [1.807, 2.05) is 44.3 Å². The van der Waals surface area contributed by atoms with Gasteiger partial charge in [0.2, 0.25) is 5.91 Å². The van der Waals surface area contributed by atoms with Gasteiger partial charge in [-0.1, -0.05) is 0 Å². The van der Waals surface area contributed by atoms with Crippen molar-refractivity contribution in [2.24, 2.45) is 0 Å². The van der Waals surface area contributed by atoms with Crippen molar-refractivity contribution in [2.75, 3.05) is 48.4 Å². The molecule has 1 fully saturated rings. The van der Waals surface area contributed by atoms with E-state index >= 15 is 0 Å². The molecule has 1 aromatic carbocycles. The second-order valence-corrected chi connectivity index (χ2v) is 10.4. The van der Waals surface area contributed by atoms with E-state index in [2.05, 4.69) is 40.9 Å². The highest BCUT2D eigenvalue weighted by Crippen LogP contribution is 2.40. The molecule has 0 bridgehead atoms. The number of hydrogen-bond donors (Lipinski definition) is 1. The van der Waals surface area contributed by atoms with Gasteiger partial charge in [-0.05, 0) is 96.1 Å². The van der Waals surface area contributed by atoms with Crippen molar-refractivity contribution in [3.05, 3.63) is 41.5 Å². The first-order valence-corrected chi connectivity index (χ1v) is 12.7. The third-order valence-corrected chi connectivity index (χ3v) is 7.67.